The summed E-state index contributed by atoms with van der Waals surface area (Å²) in [6, 6.07) is 12.2. The standard InChI is InChI=1S/C14H13N3O2/c1-2-10-15-13-9-8-12(17(18)19)14(16-13)11-6-4-3-5-7-11/h2-9H,1,10H2,(H,15,16). The zero-order valence-corrected chi connectivity index (χ0v) is 10.2. The summed E-state index contributed by atoms with van der Waals surface area (Å²) in [5.74, 6) is 0.587. The van der Waals surface area contributed by atoms with Crippen molar-refractivity contribution in [3.63, 3.8) is 0 Å². The summed E-state index contributed by atoms with van der Waals surface area (Å²) in [5, 5.41) is 14.1. The Morgan fingerprint density at radius 1 is 1.26 bits per heavy atom. The summed E-state index contributed by atoms with van der Waals surface area (Å²) in [4.78, 5) is 14.9. The molecule has 0 atom stereocenters. The summed E-state index contributed by atoms with van der Waals surface area (Å²) in [6.07, 6.45) is 1.70. The van der Waals surface area contributed by atoms with E-state index in [1.807, 2.05) is 18.2 Å². The first-order valence-electron chi connectivity index (χ1n) is 5.78. The Bertz CT molecular complexity index is 597. The van der Waals surface area contributed by atoms with E-state index in [0.717, 1.165) is 5.56 Å². The van der Waals surface area contributed by atoms with Crippen LogP contribution in [0.4, 0.5) is 11.5 Å². The van der Waals surface area contributed by atoms with Gasteiger partial charge in [0.25, 0.3) is 5.69 Å². The molecule has 1 aromatic heterocycles. The summed E-state index contributed by atoms with van der Waals surface area (Å²) in [6.45, 7) is 4.16. The Morgan fingerprint density at radius 3 is 2.63 bits per heavy atom. The quantitative estimate of drug-likeness (QED) is 0.506. The van der Waals surface area contributed by atoms with Crippen LogP contribution in [0.25, 0.3) is 11.3 Å². The molecule has 2 rings (SSSR count). The molecule has 0 aliphatic carbocycles. The van der Waals surface area contributed by atoms with Crippen molar-refractivity contribution >= 4 is 11.5 Å². The highest BCUT2D eigenvalue weighted by atomic mass is 16.6. The molecular weight excluding hydrogens is 242 g/mol. The van der Waals surface area contributed by atoms with E-state index in [-0.39, 0.29) is 5.69 Å². The van der Waals surface area contributed by atoms with Gasteiger partial charge in [-0.1, -0.05) is 36.4 Å². The van der Waals surface area contributed by atoms with E-state index in [0.29, 0.717) is 18.1 Å². The topological polar surface area (TPSA) is 68.1 Å². The van der Waals surface area contributed by atoms with Gasteiger partial charge >= 0.3 is 0 Å². The van der Waals surface area contributed by atoms with Crippen molar-refractivity contribution in [2.75, 3.05) is 11.9 Å². The summed E-state index contributed by atoms with van der Waals surface area (Å²) in [7, 11) is 0. The molecule has 5 nitrogen and oxygen atoms in total. The lowest BCUT2D eigenvalue weighted by molar-refractivity contribution is -0.384. The number of aromatic nitrogens is 1. The summed E-state index contributed by atoms with van der Waals surface area (Å²) in [5.41, 5.74) is 1.08. The van der Waals surface area contributed by atoms with E-state index in [2.05, 4.69) is 16.9 Å². The highest BCUT2D eigenvalue weighted by Crippen LogP contribution is 2.28. The van der Waals surface area contributed by atoms with Crippen LogP contribution >= 0.6 is 0 Å². The van der Waals surface area contributed by atoms with Gasteiger partial charge in [0, 0.05) is 18.2 Å². The summed E-state index contributed by atoms with van der Waals surface area (Å²) < 4.78 is 0. The molecule has 96 valence electrons. The molecule has 0 aliphatic heterocycles. The van der Waals surface area contributed by atoms with E-state index in [9.17, 15) is 10.1 Å². The van der Waals surface area contributed by atoms with Gasteiger partial charge in [0.15, 0.2) is 5.69 Å². The van der Waals surface area contributed by atoms with E-state index < -0.39 is 4.92 Å². The van der Waals surface area contributed by atoms with Crippen LogP contribution in [0.5, 0.6) is 0 Å². The van der Waals surface area contributed by atoms with Crippen molar-refractivity contribution in [2.24, 2.45) is 0 Å². The predicted octanol–water partition coefficient (Wildman–Crippen LogP) is 3.25. The normalized spacial score (nSPS) is 9.89. The average molecular weight is 255 g/mol. The smallest absolute Gasteiger partial charge is 0.295 e. The number of nitrogens with one attached hydrogen (secondary N) is 1. The van der Waals surface area contributed by atoms with Gasteiger partial charge in [-0.25, -0.2) is 4.98 Å². The lowest BCUT2D eigenvalue weighted by Gasteiger charge is -2.06. The van der Waals surface area contributed by atoms with Crippen molar-refractivity contribution in [1.82, 2.24) is 4.98 Å². The highest BCUT2D eigenvalue weighted by Gasteiger charge is 2.17. The fraction of sp³-hybridized carbons (Fsp3) is 0.0714. The maximum atomic E-state index is 11.0. The SMILES string of the molecule is C=CCNc1ccc([N+](=O)[O-])c(-c2ccccc2)n1. The third kappa shape index (κ3) is 2.95. The Morgan fingerprint density at radius 2 is 2.00 bits per heavy atom. The second-order valence-corrected chi connectivity index (χ2v) is 3.86. The van der Waals surface area contributed by atoms with E-state index in [1.54, 1.807) is 24.3 Å². The molecule has 1 N–H and O–H groups in total. The van der Waals surface area contributed by atoms with Crippen LogP contribution in [-0.2, 0) is 0 Å². The highest BCUT2D eigenvalue weighted by molar-refractivity contribution is 5.71. The van der Waals surface area contributed by atoms with Crippen molar-refractivity contribution in [1.29, 1.82) is 0 Å². The fourth-order valence-corrected chi connectivity index (χ4v) is 1.68. The van der Waals surface area contributed by atoms with Crippen LogP contribution in [0, 0.1) is 10.1 Å². The second kappa shape index (κ2) is 5.77. The van der Waals surface area contributed by atoms with Gasteiger partial charge in [0.1, 0.15) is 5.82 Å². The number of hydrogen-bond donors (Lipinski definition) is 1. The first-order chi connectivity index (χ1) is 9.22. The van der Waals surface area contributed by atoms with E-state index >= 15 is 0 Å². The number of anilines is 1. The molecule has 0 fully saturated rings. The number of nitro groups is 1. The number of benzene rings is 1. The van der Waals surface area contributed by atoms with Gasteiger partial charge in [-0.15, -0.1) is 6.58 Å². The lowest BCUT2D eigenvalue weighted by Crippen LogP contribution is -2.02. The van der Waals surface area contributed by atoms with Gasteiger partial charge in [0.2, 0.25) is 0 Å². The predicted molar refractivity (Wildman–Crippen MR) is 75.0 cm³/mol. The molecule has 1 heterocycles. The molecule has 2 aromatic rings. The maximum absolute atomic E-state index is 11.0. The van der Waals surface area contributed by atoms with Crippen LogP contribution < -0.4 is 5.32 Å². The molecule has 0 spiro atoms. The van der Waals surface area contributed by atoms with Crippen LogP contribution in [0.15, 0.2) is 55.1 Å². The first-order valence-corrected chi connectivity index (χ1v) is 5.78. The van der Waals surface area contributed by atoms with Crippen molar-refractivity contribution in [3.8, 4) is 11.3 Å². The van der Waals surface area contributed by atoms with Gasteiger partial charge in [-0.3, -0.25) is 10.1 Å². The Balaban J connectivity index is 2.48. The van der Waals surface area contributed by atoms with Gasteiger partial charge in [0.05, 0.1) is 4.92 Å². The molecule has 0 unspecified atom stereocenters. The first kappa shape index (κ1) is 12.8. The lowest BCUT2D eigenvalue weighted by atomic mass is 10.1. The van der Waals surface area contributed by atoms with Gasteiger partial charge in [-0.05, 0) is 6.07 Å². The van der Waals surface area contributed by atoms with Crippen molar-refractivity contribution in [3.05, 3.63) is 65.2 Å². The van der Waals surface area contributed by atoms with Crippen LogP contribution in [0.1, 0.15) is 0 Å². The van der Waals surface area contributed by atoms with E-state index in [1.165, 1.54) is 6.07 Å². The zero-order valence-electron chi connectivity index (χ0n) is 10.2. The maximum Gasteiger partial charge on any atom is 0.295 e. The third-order valence-corrected chi connectivity index (χ3v) is 2.55. The number of pyridine rings is 1. The third-order valence-electron chi connectivity index (χ3n) is 2.55. The Kier molecular flexibility index (Phi) is 3.87. The number of rotatable bonds is 5. The van der Waals surface area contributed by atoms with Gasteiger partial charge in [-0.2, -0.15) is 0 Å². The number of nitrogens with zero attached hydrogens (tertiary/aromatic N) is 2. The minimum absolute atomic E-state index is 0.00430. The molecule has 19 heavy (non-hydrogen) atoms. The second-order valence-electron chi connectivity index (χ2n) is 3.86. The van der Waals surface area contributed by atoms with Gasteiger partial charge < -0.3 is 5.32 Å². The van der Waals surface area contributed by atoms with Crippen LogP contribution in [0.3, 0.4) is 0 Å². The molecule has 0 bridgehead atoms. The largest absolute Gasteiger partial charge is 0.367 e. The monoisotopic (exact) mass is 255 g/mol. The molecule has 5 heteroatoms. The molecular formula is C14H13N3O2. The molecule has 0 radical (unpaired) electrons. The minimum atomic E-state index is -0.424. The Labute approximate surface area is 110 Å². The summed E-state index contributed by atoms with van der Waals surface area (Å²) >= 11 is 0. The molecule has 0 aliphatic rings. The van der Waals surface area contributed by atoms with Crippen molar-refractivity contribution in [2.45, 2.75) is 0 Å². The zero-order chi connectivity index (χ0) is 13.7. The Hall–Kier alpha value is -2.69. The number of hydrogen-bond acceptors (Lipinski definition) is 4. The molecule has 1 aromatic carbocycles. The van der Waals surface area contributed by atoms with Crippen molar-refractivity contribution < 1.29 is 4.92 Å². The molecule has 0 saturated heterocycles. The van der Waals surface area contributed by atoms with Crippen LogP contribution in [0.2, 0.25) is 0 Å². The molecule has 0 saturated carbocycles. The molecule has 0 amide bonds. The van der Waals surface area contributed by atoms with Crippen LogP contribution in [-0.4, -0.2) is 16.5 Å². The minimum Gasteiger partial charge on any atom is -0.367 e. The fourth-order valence-electron chi connectivity index (χ4n) is 1.68. The van der Waals surface area contributed by atoms with E-state index in [4.69, 9.17) is 0 Å². The average Bonchev–Trinajstić information content (AvgIpc) is 2.45.